The number of carbonyl (C=O) groups is 1. The summed E-state index contributed by atoms with van der Waals surface area (Å²) in [7, 11) is 0. The van der Waals surface area contributed by atoms with E-state index in [1.807, 2.05) is 5.10 Å². The van der Waals surface area contributed by atoms with Crippen LogP contribution in [0.1, 0.15) is 61.9 Å². The topological polar surface area (TPSA) is 65.1 Å². The number of rotatable bonds is 3. The maximum absolute atomic E-state index is 12.7. The summed E-state index contributed by atoms with van der Waals surface area (Å²) in [5.41, 5.74) is 0. The zero-order chi connectivity index (χ0) is 19.2. The van der Waals surface area contributed by atoms with Crippen LogP contribution in [-0.2, 0) is 6.18 Å². The summed E-state index contributed by atoms with van der Waals surface area (Å²) >= 11 is 0. The molecule has 1 aromatic heterocycles. The van der Waals surface area contributed by atoms with Crippen molar-refractivity contribution < 1.29 is 18.0 Å². The van der Waals surface area contributed by atoms with Crippen LogP contribution in [0.4, 0.5) is 13.2 Å². The van der Waals surface area contributed by atoms with Crippen molar-refractivity contribution in [2.75, 3.05) is 19.6 Å². The van der Waals surface area contributed by atoms with Crippen molar-refractivity contribution in [1.82, 2.24) is 25.0 Å². The molecule has 3 saturated heterocycles. The number of alkyl halides is 3. The molecule has 150 valence electrons. The Morgan fingerprint density at radius 2 is 2.07 bits per heavy atom. The number of aromatic nitrogens is 3. The molecule has 4 rings (SSSR count). The fourth-order valence-corrected chi connectivity index (χ4v) is 5.35. The Morgan fingerprint density at radius 3 is 2.78 bits per heavy atom. The molecule has 0 radical (unpaired) electrons. The van der Waals surface area contributed by atoms with Crippen LogP contribution in [0.2, 0.25) is 0 Å². The molecule has 9 heteroatoms. The first-order valence-corrected chi connectivity index (χ1v) is 9.91. The number of piperidine rings is 3. The van der Waals surface area contributed by atoms with Crippen molar-refractivity contribution in [2.24, 2.45) is 11.8 Å². The molecule has 4 heterocycles. The lowest BCUT2D eigenvalue weighted by Gasteiger charge is -2.55. The molecule has 0 unspecified atom stereocenters. The van der Waals surface area contributed by atoms with Crippen LogP contribution in [0.25, 0.3) is 0 Å². The largest absolute Gasteiger partial charge is 0.451 e. The second-order valence-corrected chi connectivity index (χ2v) is 8.21. The van der Waals surface area contributed by atoms with Gasteiger partial charge in [0.1, 0.15) is 0 Å². The average Bonchev–Trinajstić information content (AvgIpc) is 3.12. The van der Waals surface area contributed by atoms with E-state index >= 15 is 0 Å². The lowest BCUT2D eigenvalue weighted by Crippen LogP contribution is -2.62. The average molecular weight is 385 g/mol. The van der Waals surface area contributed by atoms with Gasteiger partial charge in [0.25, 0.3) is 5.91 Å². The number of nitrogens with one attached hydrogen (secondary N) is 1. The number of hydrogen-bond acceptors (Lipinski definition) is 4. The van der Waals surface area contributed by atoms with Gasteiger partial charge in [-0.05, 0) is 37.5 Å². The third-order valence-corrected chi connectivity index (χ3v) is 6.37. The van der Waals surface area contributed by atoms with Crippen LogP contribution in [-0.4, -0.2) is 62.6 Å². The van der Waals surface area contributed by atoms with E-state index in [1.54, 1.807) is 4.90 Å². The molecule has 0 aliphatic carbocycles. The molecule has 0 spiro atoms. The molecule has 4 atom stereocenters. The molecule has 0 aromatic carbocycles. The highest BCUT2D eigenvalue weighted by molar-refractivity contribution is 5.90. The molecule has 1 amide bonds. The van der Waals surface area contributed by atoms with E-state index in [1.165, 1.54) is 25.7 Å². The predicted octanol–water partition coefficient (Wildman–Crippen LogP) is 2.94. The lowest BCUT2D eigenvalue weighted by atomic mass is 9.74. The van der Waals surface area contributed by atoms with E-state index in [0.29, 0.717) is 37.0 Å². The first-order valence-electron chi connectivity index (χ1n) is 9.91. The van der Waals surface area contributed by atoms with Gasteiger partial charge in [-0.1, -0.05) is 19.8 Å². The van der Waals surface area contributed by atoms with Gasteiger partial charge < -0.3 is 4.90 Å². The minimum absolute atomic E-state index is 0.377. The summed E-state index contributed by atoms with van der Waals surface area (Å²) in [6.45, 7) is 4.37. The summed E-state index contributed by atoms with van der Waals surface area (Å²) in [5.74, 6) is -1.33. The molecule has 0 saturated carbocycles. The number of likely N-dealkylation sites (tertiary alicyclic amines) is 1. The lowest BCUT2D eigenvalue weighted by molar-refractivity contribution is -0.144. The molecule has 3 aliphatic rings. The number of hydrogen-bond donors (Lipinski definition) is 1. The van der Waals surface area contributed by atoms with E-state index in [2.05, 4.69) is 21.9 Å². The van der Waals surface area contributed by atoms with E-state index in [-0.39, 0.29) is 5.82 Å². The van der Waals surface area contributed by atoms with E-state index in [0.717, 1.165) is 19.4 Å². The molecule has 3 aliphatic heterocycles. The highest BCUT2D eigenvalue weighted by Crippen LogP contribution is 2.40. The number of halogens is 3. The monoisotopic (exact) mass is 385 g/mol. The Kier molecular flexibility index (Phi) is 4.90. The first kappa shape index (κ1) is 18.7. The fraction of sp³-hybridized carbons (Fsp3) is 0.833. The Balaban J connectivity index is 1.47. The molecule has 6 nitrogen and oxygen atoms in total. The molecule has 1 N–H and O–H groups in total. The first-order chi connectivity index (χ1) is 12.9. The van der Waals surface area contributed by atoms with E-state index < -0.39 is 17.9 Å². The van der Waals surface area contributed by atoms with E-state index in [9.17, 15) is 18.0 Å². The number of fused-ring (bicyclic) bond motifs is 4. The van der Waals surface area contributed by atoms with Gasteiger partial charge in [0.05, 0.1) is 0 Å². The van der Waals surface area contributed by atoms with Crippen molar-refractivity contribution in [3.63, 3.8) is 0 Å². The number of aromatic amines is 1. The third kappa shape index (κ3) is 3.58. The minimum atomic E-state index is -4.62. The van der Waals surface area contributed by atoms with Crippen molar-refractivity contribution in [2.45, 2.75) is 63.7 Å². The summed E-state index contributed by atoms with van der Waals surface area (Å²) in [6.07, 6.45) is 2.50. The summed E-state index contributed by atoms with van der Waals surface area (Å²) in [4.78, 5) is 20.4. The van der Waals surface area contributed by atoms with Gasteiger partial charge in [-0.25, -0.2) is 0 Å². The number of H-pyrrole nitrogens is 1. The third-order valence-electron chi connectivity index (χ3n) is 6.37. The fourth-order valence-electron chi connectivity index (χ4n) is 5.35. The predicted molar refractivity (Wildman–Crippen MR) is 91.9 cm³/mol. The molecular weight excluding hydrogens is 359 g/mol. The zero-order valence-corrected chi connectivity index (χ0v) is 15.5. The normalized spacial score (nSPS) is 31.6. The van der Waals surface area contributed by atoms with Gasteiger partial charge in [0.15, 0.2) is 0 Å². The highest BCUT2D eigenvalue weighted by Gasteiger charge is 2.46. The molecule has 2 bridgehead atoms. The number of nitrogens with zero attached hydrogens (tertiary/aromatic N) is 4. The molecule has 1 aromatic rings. The summed E-state index contributed by atoms with van der Waals surface area (Å²) in [5, 5.41) is 5.35. The van der Waals surface area contributed by atoms with Crippen molar-refractivity contribution in [3.8, 4) is 0 Å². The van der Waals surface area contributed by atoms with Crippen molar-refractivity contribution in [1.29, 1.82) is 0 Å². The van der Waals surface area contributed by atoms with E-state index in [4.69, 9.17) is 0 Å². The van der Waals surface area contributed by atoms with Crippen LogP contribution >= 0.6 is 0 Å². The maximum atomic E-state index is 12.7. The smallest absolute Gasteiger partial charge is 0.335 e. The van der Waals surface area contributed by atoms with Crippen LogP contribution in [0.5, 0.6) is 0 Å². The van der Waals surface area contributed by atoms with Crippen molar-refractivity contribution in [3.05, 3.63) is 11.6 Å². The second kappa shape index (κ2) is 7.07. The Morgan fingerprint density at radius 1 is 1.26 bits per heavy atom. The van der Waals surface area contributed by atoms with Gasteiger partial charge in [-0.2, -0.15) is 18.2 Å². The summed E-state index contributed by atoms with van der Waals surface area (Å²) < 4.78 is 38.1. The second-order valence-electron chi connectivity index (χ2n) is 8.21. The van der Waals surface area contributed by atoms with Gasteiger partial charge >= 0.3 is 6.18 Å². The van der Waals surface area contributed by atoms with Crippen molar-refractivity contribution >= 4 is 5.91 Å². The van der Waals surface area contributed by atoms with Gasteiger partial charge in [0.2, 0.25) is 11.6 Å². The van der Waals surface area contributed by atoms with Crippen LogP contribution < -0.4 is 0 Å². The molecular formula is C18H26F3N5O. The Bertz CT molecular complexity index is 689. The minimum Gasteiger partial charge on any atom is -0.335 e. The van der Waals surface area contributed by atoms with Crippen LogP contribution in [0.15, 0.2) is 0 Å². The molecule has 3 fully saturated rings. The Hall–Kier alpha value is -1.64. The Labute approximate surface area is 156 Å². The van der Waals surface area contributed by atoms with Gasteiger partial charge in [-0.3, -0.25) is 14.8 Å². The zero-order valence-electron chi connectivity index (χ0n) is 15.5. The quantitative estimate of drug-likeness (QED) is 0.869. The van der Waals surface area contributed by atoms with Crippen LogP contribution in [0, 0.1) is 11.8 Å². The van der Waals surface area contributed by atoms with Gasteiger partial charge in [-0.15, -0.1) is 5.10 Å². The maximum Gasteiger partial charge on any atom is 0.451 e. The van der Waals surface area contributed by atoms with Crippen LogP contribution in [0.3, 0.4) is 0 Å². The number of amides is 1. The SMILES string of the molecule is CCC[C@H]1CCC[C@H]2[C@@H]3C[C@@H](CN(C(=O)c4n[nH]c(C(F)(F)F)n4)C3)CN12. The highest BCUT2D eigenvalue weighted by atomic mass is 19.4. The molecule has 27 heavy (non-hydrogen) atoms. The standard InChI is InChI=1S/C18H26F3N5O/c1-2-4-13-5-3-6-14-12-7-11(9-26(13)14)8-25(10-12)16(27)15-22-17(24-23-15)18(19,20)21/h11-14H,2-10H2,1H3,(H,22,23,24)/t11-,12+,13-,14-/m0/s1. The van der Waals surface area contributed by atoms with Gasteiger partial charge in [0, 0.05) is 31.7 Å². The number of carbonyl (C=O) groups excluding carboxylic acids is 1. The summed E-state index contributed by atoms with van der Waals surface area (Å²) in [6, 6.07) is 1.13.